The Hall–Kier alpha value is -3.02. The van der Waals surface area contributed by atoms with Crippen LogP contribution in [0.3, 0.4) is 0 Å². The van der Waals surface area contributed by atoms with E-state index in [0.717, 1.165) is 17.1 Å². The smallest absolute Gasteiger partial charge is 0.322 e. The van der Waals surface area contributed by atoms with Crippen molar-refractivity contribution in [2.75, 3.05) is 30.0 Å². The summed E-state index contributed by atoms with van der Waals surface area (Å²) in [6.07, 6.45) is 0.296. The average Bonchev–Trinajstić information content (AvgIpc) is 3.03. The average molecular weight is 353 g/mol. The standard InChI is InChI=1S/C20H23N3O3/c1-3-22(16-7-5-4-6-8-16)20(25)21-15-13-19(24)23(14-15)17-9-11-18(26-2)12-10-17/h4-12,15H,3,13-14H2,1-2H3,(H,21,25)/t15-/m1/s1. The van der Waals surface area contributed by atoms with E-state index in [-0.39, 0.29) is 18.0 Å². The molecule has 1 fully saturated rings. The van der Waals surface area contributed by atoms with Crippen LogP contribution in [0.2, 0.25) is 0 Å². The summed E-state index contributed by atoms with van der Waals surface area (Å²) >= 11 is 0. The maximum Gasteiger partial charge on any atom is 0.322 e. The van der Waals surface area contributed by atoms with E-state index in [0.29, 0.717) is 19.5 Å². The molecule has 1 saturated heterocycles. The monoisotopic (exact) mass is 353 g/mol. The van der Waals surface area contributed by atoms with Gasteiger partial charge in [0, 0.05) is 30.9 Å². The number of benzene rings is 2. The van der Waals surface area contributed by atoms with Gasteiger partial charge in [-0.05, 0) is 43.3 Å². The van der Waals surface area contributed by atoms with E-state index in [2.05, 4.69) is 5.32 Å². The topological polar surface area (TPSA) is 61.9 Å². The summed E-state index contributed by atoms with van der Waals surface area (Å²) in [4.78, 5) is 28.4. The number of urea groups is 1. The Bertz CT molecular complexity index is 762. The highest BCUT2D eigenvalue weighted by Gasteiger charge is 2.32. The van der Waals surface area contributed by atoms with Crippen molar-refractivity contribution < 1.29 is 14.3 Å². The van der Waals surface area contributed by atoms with Crippen LogP contribution >= 0.6 is 0 Å². The predicted octanol–water partition coefficient (Wildman–Crippen LogP) is 3.04. The van der Waals surface area contributed by atoms with Crippen molar-refractivity contribution in [2.45, 2.75) is 19.4 Å². The highest BCUT2D eigenvalue weighted by atomic mass is 16.5. The summed E-state index contributed by atoms with van der Waals surface area (Å²) in [5.74, 6) is 0.745. The normalized spacial score (nSPS) is 16.5. The van der Waals surface area contributed by atoms with Gasteiger partial charge in [-0.2, -0.15) is 0 Å². The minimum atomic E-state index is -0.213. The van der Waals surface area contributed by atoms with Crippen molar-refractivity contribution in [3.8, 4) is 5.75 Å². The maximum absolute atomic E-state index is 12.6. The van der Waals surface area contributed by atoms with Crippen molar-refractivity contribution in [3.63, 3.8) is 0 Å². The van der Waals surface area contributed by atoms with Crippen molar-refractivity contribution in [2.24, 2.45) is 0 Å². The van der Waals surface area contributed by atoms with Crippen molar-refractivity contribution >= 4 is 23.3 Å². The number of rotatable bonds is 5. The molecule has 0 aliphatic carbocycles. The van der Waals surface area contributed by atoms with E-state index in [1.165, 1.54) is 0 Å². The minimum Gasteiger partial charge on any atom is -0.497 e. The van der Waals surface area contributed by atoms with Crippen molar-refractivity contribution in [3.05, 3.63) is 54.6 Å². The molecular formula is C20H23N3O3. The quantitative estimate of drug-likeness (QED) is 0.899. The number of methoxy groups -OCH3 is 1. The van der Waals surface area contributed by atoms with Crippen LogP contribution in [0.5, 0.6) is 5.75 Å². The van der Waals surface area contributed by atoms with Crippen LogP contribution in [-0.4, -0.2) is 38.2 Å². The summed E-state index contributed by atoms with van der Waals surface area (Å²) in [6, 6.07) is 16.4. The van der Waals surface area contributed by atoms with E-state index in [1.807, 2.05) is 61.5 Å². The Balaban J connectivity index is 1.65. The zero-order valence-electron chi connectivity index (χ0n) is 15.0. The Morgan fingerprint density at radius 3 is 2.50 bits per heavy atom. The molecule has 6 nitrogen and oxygen atoms in total. The Morgan fingerprint density at radius 2 is 1.88 bits per heavy atom. The number of para-hydroxylation sites is 1. The molecule has 26 heavy (non-hydrogen) atoms. The van der Waals surface area contributed by atoms with Crippen molar-refractivity contribution in [1.82, 2.24) is 5.32 Å². The number of carbonyl (C=O) groups excluding carboxylic acids is 2. The van der Waals surface area contributed by atoms with Crippen molar-refractivity contribution in [1.29, 1.82) is 0 Å². The van der Waals surface area contributed by atoms with Gasteiger partial charge in [0.25, 0.3) is 0 Å². The Morgan fingerprint density at radius 1 is 1.19 bits per heavy atom. The van der Waals surface area contributed by atoms with Gasteiger partial charge in [-0.25, -0.2) is 4.79 Å². The van der Waals surface area contributed by atoms with Gasteiger partial charge in [0.2, 0.25) is 5.91 Å². The Labute approximate surface area is 153 Å². The van der Waals surface area contributed by atoms with E-state index in [9.17, 15) is 9.59 Å². The first-order chi connectivity index (χ1) is 12.6. The zero-order chi connectivity index (χ0) is 18.5. The first-order valence-corrected chi connectivity index (χ1v) is 8.70. The van der Waals surface area contributed by atoms with Crippen LogP contribution in [0, 0.1) is 0 Å². The molecule has 1 atom stereocenters. The molecule has 2 aromatic rings. The third-order valence-electron chi connectivity index (χ3n) is 4.47. The van der Waals surface area contributed by atoms with Gasteiger partial charge in [-0.15, -0.1) is 0 Å². The molecule has 1 aliphatic heterocycles. The molecule has 0 spiro atoms. The van der Waals surface area contributed by atoms with Crippen LogP contribution in [0.4, 0.5) is 16.2 Å². The first kappa shape index (κ1) is 17.8. The fourth-order valence-corrected chi connectivity index (χ4v) is 3.12. The number of anilines is 2. The lowest BCUT2D eigenvalue weighted by Gasteiger charge is -2.24. The molecule has 3 amide bonds. The Kier molecular flexibility index (Phi) is 5.41. The summed E-state index contributed by atoms with van der Waals surface area (Å²) in [5, 5.41) is 2.98. The molecule has 0 saturated carbocycles. The number of nitrogens with one attached hydrogen (secondary N) is 1. The van der Waals surface area contributed by atoms with Crippen LogP contribution < -0.4 is 19.9 Å². The van der Waals surface area contributed by atoms with Crippen LogP contribution in [0.1, 0.15) is 13.3 Å². The summed E-state index contributed by atoms with van der Waals surface area (Å²) in [6.45, 7) is 2.94. The minimum absolute atomic E-state index is 0.00299. The van der Waals surface area contributed by atoms with Crippen LogP contribution in [-0.2, 0) is 4.79 Å². The molecule has 0 unspecified atom stereocenters. The predicted molar refractivity (Wildman–Crippen MR) is 102 cm³/mol. The van der Waals surface area contributed by atoms with Gasteiger partial charge in [0.1, 0.15) is 5.75 Å². The summed E-state index contributed by atoms with van der Waals surface area (Å²) < 4.78 is 5.15. The number of nitrogens with zero attached hydrogens (tertiary/aromatic N) is 2. The SMILES string of the molecule is CCN(C(=O)N[C@@H]1CC(=O)N(c2ccc(OC)cc2)C1)c1ccccc1. The highest BCUT2D eigenvalue weighted by molar-refractivity contribution is 5.98. The number of hydrogen-bond donors (Lipinski definition) is 1. The second-order valence-electron chi connectivity index (χ2n) is 6.13. The van der Waals surface area contributed by atoms with Crippen LogP contribution in [0.25, 0.3) is 0 Å². The molecule has 1 aliphatic rings. The summed E-state index contributed by atoms with van der Waals surface area (Å²) in [7, 11) is 1.60. The maximum atomic E-state index is 12.6. The third-order valence-corrected chi connectivity index (χ3v) is 4.47. The molecule has 2 aromatic carbocycles. The number of ether oxygens (including phenoxy) is 1. The number of carbonyl (C=O) groups is 2. The van der Waals surface area contributed by atoms with E-state index in [4.69, 9.17) is 4.74 Å². The fraction of sp³-hybridized carbons (Fsp3) is 0.300. The zero-order valence-corrected chi connectivity index (χ0v) is 15.0. The molecule has 1 heterocycles. The molecule has 0 bridgehead atoms. The molecular weight excluding hydrogens is 330 g/mol. The van der Waals surface area contributed by atoms with Gasteiger partial charge in [-0.1, -0.05) is 18.2 Å². The fourth-order valence-electron chi connectivity index (χ4n) is 3.12. The van der Waals surface area contributed by atoms with E-state index < -0.39 is 0 Å². The highest BCUT2D eigenvalue weighted by Crippen LogP contribution is 2.24. The number of hydrogen-bond acceptors (Lipinski definition) is 3. The molecule has 1 N–H and O–H groups in total. The largest absolute Gasteiger partial charge is 0.497 e. The molecule has 136 valence electrons. The van der Waals surface area contributed by atoms with E-state index in [1.54, 1.807) is 16.9 Å². The molecule has 0 radical (unpaired) electrons. The lowest BCUT2D eigenvalue weighted by Crippen LogP contribution is -2.46. The third kappa shape index (κ3) is 3.79. The number of amides is 3. The van der Waals surface area contributed by atoms with Gasteiger partial charge >= 0.3 is 6.03 Å². The summed E-state index contributed by atoms with van der Waals surface area (Å²) in [5.41, 5.74) is 1.65. The molecule has 0 aromatic heterocycles. The lowest BCUT2D eigenvalue weighted by atomic mass is 10.2. The molecule has 3 rings (SSSR count). The van der Waals surface area contributed by atoms with Gasteiger partial charge in [0.05, 0.1) is 13.2 Å². The van der Waals surface area contributed by atoms with Crippen LogP contribution in [0.15, 0.2) is 54.6 Å². The second kappa shape index (κ2) is 7.91. The first-order valence-electron chi connectivity index (χ1n) is 8.70. The van der Waals surface area contributed by atoms with Gasteiger partial charge < -0.3 is 15.0 Å². The van der Waals surface area contributed by atoms with Gasteiger partial charge in [0.15, 0.2) is 0 Å². The lowest BCUT2D eigenvalue weighted by molar-refractivity contribution is -0.117. The van der Waals surface area contributed by atoms with E-state index >= 15 is 0 Å². The van der Waals surface area contributed by atoms with Gasteiger partial charge in [-0.3, -0.25) is 9.69 Å². The second-order valence-corrected chi connectivity index (χ2v) is 6.13. The molecule has 6 heteroatoms.